The molecule has 4 heteroatoms. The average molecular weight is 313 g/mol. The van der Waals surface area contributed by atoms with Crippen molar-refractivity contribution in [3.05, 3.63) is 59.2 Å². The molecule has 2 rings (SSSR count). The Morgan fingerprint density at radius 1 is 1.09 bits per heavy atom. The first-order valence-corrected chi connectivity index (χ1v) is 7.84. The number of unbranched alkanes of at least 4 members (excludes halogenated alkanes) is 1. The highest BCUT2D eigenvalue weighted by Gasteiger charge is 2.11. The van der Waals surface area contributed by atoms with Crippen LogP contribution in [0.1, 0.15) is 34.3 Å². The molecule has 0 aromatic heterocycles. The molecule has 0 aliphatic carbocycles. The second-order valence-electron chi connectivity index (χ2n) is 5.60. The summed E-state index contributed by atoms with van der Waals surface area (Å²) in [5, 5.41) is 12.7. The molecule has 0 saturated heterocycles. The largest absolute Gasteiger partial charge is 0.507 e. The third-order valence-electron chi connectivity index (χ3n) is 3.63. The van der Waals surface area contributed by atoms with Gasteiger partial charge in [0.1, 0.15) is 11.5 Å². The van der Waals surface area contributed by atoms with Crippen LogP contribution in [-0.2, 0) is 0 Å². The molecule has 0 aliphatic rings. The molecule has 23 heavy (non-hydrogen) atoms. The van der Waals surface area contributed by atoms with Crippen molar-refractivity contribution in [2.24, 2.45) is 0 Å². The van der Waals surface area contributed by atoms with E-state index in [9.17, 15) is 9.90 Å². The minimum Gasteiger partial charge on any atom is -0.507 e. The topological polar surface area (TPSA) is 58.6 Å². The van der Waals surface area contributed by atoms with Gasteiger partial charge in [-0.1, -0.05) is 29.8 Å². The second kappa shape index (κ2) is 8.22. The van der Waals surface area contributed by atoms with Crippen LogP contribution >= 0.6 is 0 Å². The Hall–Kier alpha value is -2.49. The number of ether oxygens (including phenoxy) is 1. The van der Waals surface area contributed by atoms with Gasteiger partial charge < -0.3 is 15.2 Å². The van der Waals surface area contributed by atoms with Crippen LogP contribution in [0.4, 0.5) is 0 Å². The molecule has 0 aliphatic heterocycles. The fourth-order valence-electron chi connectivity index (χ4n) is 2.19. The molecule has 4 nitrogen and oxygen atoms in total. The summed E-state index contributed by atoms with van der Waals surface area (Å²) in [6.07, 6.45) is 1.68. The van der Waals surface area contributed by atoms with E-state index < -0.39 is 0 Å². The van der Waals surface area contributed by atoms with E-state index in [-0.39, 0.29) is 11.7 Å². The van der Waals surface area contributed by atoms with Crippen molar-refractivity contribution in [3.8, 4) is 11.5 Å². The maximum atomic E-state index is 12.0. The van der Waals surface area contributed by atoms with E-state index in [0.29, 0.717) is 24.3 Å². The number of hydrogen-bond acceptors (Lipinski definition) is 3. The monoisotopic (exact) mass is 313 g/mol. The summed E-state index contributed by atoms with van der Waals surface area (Å²) >= 11 is 0. The first-order valence-electron chi connectivity index (χ1n) is 7.84. The number of nitrogens with one attached hydrogen (secondary N) is 1. The number of para-hydroxylation sites is 1. The van der Waals surface area contributed by atoms with E-state index in [1.165, 1.54) is 5.56 Å². The minimum atomic E-state index is -0.245. The number of amides is 1. The summed E-state index contributed by atoms with van der Waals surface area (Å²) in [5.41, 5.74) is 2.23. The van der Waals surface area contributed by atoms with E-state index >= 15 is 0 Å². The van der Waals surface area contributed by atoms with Crippen molar-refractivity contribution in [2.45, 2.75) is 26.7 Å². The highest BCUT2D eigenvalue weighted by atomic mass is 16.5. The number of aryl methyl sites for hydroxylation is 2. The van der Waals surface area contributed by atoms with Gasteiger partial charge in [0.2, 0.25) is 0 Å². The van der Waals surface area contributed by atoms with Crippen LogP contribution in [0.15, 0.2) is 42.5 Å². The van der Waals surface area contributed by atoms with Gasteiger partial charge in [0.15, 0.2) is 0 Å². The number of phenolic OH excluding ortho intramolecular Hbond substituents is 1. The molecule has 1 amide bonds. The lowest BCUT2D eigenvalue weighted by atomic mass is 10.1. The summed E-state index contributed by atoms with van der Waals surface area (Å²) in [7, 11) is 0. The molecule has 0 unspecified atom stereocenters. The Bertz CT molecular complexity index is 650. The lowest BCUT2D eigenvalue weighted by Gasteiger charge is -2.09. The van der Waals surface area contributed by atoms with Crippen LogP contribution in [0, 0.1) is 13.8 Å². The minimum absolute atomic E-state index is 0.0488. The first-order chi connectivity index (χ1) is 11.1. The molecule has 2 N–H and O–H groups in total. The van der Waals surface area contributed by atoms with Crippen molar-refractivity contribution < 1.29 is 14.6 Å². The van der Waals surface area contributed by atoms with Gasteiger partial charge in [-0.25, -0.2) is 0 Å². The number of benzene rings is 2. The highest BCUT2D eigenvalue weighted by molar-refractivity contribution is 5.97. The van der Waals surface area contributed by atoms with Gasteiger partial charge >= 0.3 is 0 Å². The Kier molecular flexibility index (Phi) is 6.03. The molecule has 0 spiro atoms. The van der Waals surface area contributed by atoms with Gasteiger partial charge in [-0.05, 0) is 50.5 Å². The SMILES string of the molecule is Cc1ccc(OCCCCNC(=O)c2cccc(C)c2O)cc1. The van der Waals surface area contributed by atoms with Gasteiger partial charge in [0.05, 0.1) is 12.2 Å². The summed E-state index contributed by atoms with van der Waals surface area (Å²) in [6.45, 7) is 4.99. The van der Waals surface area contributed by atoms with E-state index in [1.54, 1.807) is 25.1 Å². The second-order valence-corrected chi connectivity index (χ2v) is 5.60. The maximum absolute atomic E-state index is 12.0. The number of carbonyl (C=O) groups is 1. The fraction of sp³-hybridized carbons (Fsp3) is 0.316. The van der Waals surface area contributed by atoms with E-state index in [0.717, 1.165) is 18.6 Å². The third kappa shape index (κ3) is 5.02. The molecular weight excluding hydrogens is 290 g/mol. The summed E-state index contributed by atoms with van der Waals surface area (Å²) in [4.78, 5) is 12.0. The summed E-state index contributed by atoms with van der Waals surface area (Å²) in [6, 6.07) is 13.1. The number of hydrogen-bond donors (Lipinski definition) is 2. The lowest BCUT2D eigenvalue weighted by molar-refractivity contribution is 0.0949. The van der Waals surface area contributed by atoms with Gasteiger partial charge in [0, 0.05) is 6.54 Å². The Labute approximate surface area is 137 Å². The van der Waals surface area contributed by atoms with E-state index in [4.69, 9.17) is 4.74 Å². The number of rotatable bonds is 7. The number of carbonyl (C=O) groups excluding carboxylic acids is 1. The summed E-state index contributed by atoms with van der Waals surface area (Å²) < 4.78 is 5.63. The molecule has 122 valence electrons. The standard InChI is InChI=1S/C19H23NO3/c1-14-8-10-16(11-9-14)23-13-4-3-12-20-19(22)17-7-5-6-15(2)18(17)21/h5-11,21H,3-4,12-13H2,1-2H3,(H,20,22). The molecular formula is C19H23NO3. The molecule has 2 aromatic rings. The summed E-state index contributed by atoms with van der Waals surface area (Å²) in [5.74, 6) is 0.669. The molecule has 0 saturated carbocycles. The predicted molar refractivity (Wildman–Crippen MR) is 91.1 cm³/mol. The zero-order chi connectivity index (χ0) is 16.7. The van der Waals surface area contributed by atoms with Crippen LogP contribution < -0.4 is 10.1 Å². The smallest absolute Gasteiger partial charge is 0.255 e. The third-order valence-corrected chi connectivity index (χ3v) is 3.63. The Morgan fingerprint density at radius 2 is 1.83 bits per heavy atom. The maximum Gasteiger partial charge on any atom is 0.255 e. The molecule has 0 bridgehead atoms. The average Bonchev–Trinajstić information content (AvgIpc) is 2.55. The zero-order valence-electron chi connectivity index (χ0n) is 13.6. The highest BCUT2D eigenvalue weighted by Crippen LogP contribution is 2.21. The molecule has 0 fully saturated rings. The van der Waals surface area contributed by atoms with Gasteiger partial charge in [-0.3, -0.25) is 4.79 Å². The number of aromatic hydroxyl groups is 1. The Morgan fingerprint density at radius 3 is 2.57 bits per heavy atom. The number of phenols is 1. The van der Waals surface area contributed by atoms with Gasteiger partial charge in [0.25, 0.3) is 5.91 Å². The van der Waals surface area contributed by atoms with Crippen molar-refractivity contribution in [1.82, 2.24) is 5.32 Å². The lowest BCUT2D eigenvalue weighted by Crippen LogP contribution is -2.24. The van der Waals surface area contributed by atoms with Gasteiger partial charge in [-0.15, -0.1) is 0 Å². The van der Waals surface area contributed by atoms with Crippen LogP contribution in [0.25, 0.3) is 0 Å². The van der Waals surface area contributed by atoms with Crippen molar-refractivity contribution in [3.63, 3.8) is 0 Å². The Balaban J connectivity index is 1.66. The first kappa shape index (κ1) is 16.9. The van der Waals surface area contributed by atoms with Crippen molar-refractivity contribution in [1.29, 1.82) is 0 Å². The normalized spacial score (nSPS) is 10.3. The molecule has 0 atom stereocenters. The van der Waals surface area contributed by atoms with Gasteiger partial charge in [-0.2, -0.15) is 0 Å². The van der Waals surface area contributed by atoms with Crippen LogP contribution in [0.3, 0.4) is 0 Å². The van der Waals surface area contributed by atoms with Crippen LogP contribution in [-0.4, -0.2) is 24.2 Å². The van der Waals surface area contributed by atoms with Crippen molar-refractivity contribution >= 4 is 5.91 Å². The quantitative estimate of drug-likeness (QED) is 0.768. The van der Waals surface area contributed by atoms with Crippen LogP contribution in [0.2, 0.25) is 0 Å². The van der Waals surface area contributed by atoms with E-state index in [1.807, 2.05) is 31.2 Å². The zero-order valence-corrected chi connectivity index (χ0v) is 13.6. The van der Waals surface area contributed by atoms with E-state index in [2.05, 4.69) is 5.32 Å². The molecule has 0 radical (unpaired) electrons. The predicted octanol–water partition coefficient (Wildman–Crippen LogP) is 3.60. The fourth-order valence-corrected chi connectivity index (χ4v) is 2.19. The molecule has 0 heterocycles. The van der Waals surface area contributed by atoms with Crippen LogP contribution in [0.5, 0.6) is 11.5 Å². The van der Waals surface area contributed by atoms with Crippen molar-refractivity contribution in [2.75, 3.05) is 13.2 Å². The molecule has 2 aromatic carbocycles.